The Bertz CT molecular complexity index is 480. The molecule has 2 aromatic rings. The summed E-state index contributed by atoms with van der Waals surface area (Å²) in [5.74, 6) is -1.92. The Morgan fingerprint density at radius 1 is 0.867 bits per heavy atom. The summed E-state index contributed by atoms with van der Waals surface area (Å²) in [6.45, 7) is 0. The molecule has 1 aromatic heterocycles. The molecule has 0 atom stereocenters. The fourth-order valence-corrected chi connectivity index (χ4v) is 1.23. The molecule has 76 valence electrons. The van der Waals surface area contributed by atoms with E-state index in [9.17, 15) is 13.2 Å². The van der Waals surface area contributed by atoms with Crippen LogP contribution in [0.15, 0.2) is 36.5 Å². The van der Waals surface area contributed by atoms with Crippen molar-refractivity contribution in [3.8, 4) is 11.3 Å². The highest BCUT2D eigenvalue weighted by Crippen LogP contribution is 2.20. The molecule has 4 heteroatoms. The van der Waals surface area contributed by atoms with Gasteiger partial charge in [-0.3, -0.25) is 4.98 Å². The van der Waals surface area contributed by atoms with Crippen molar-refractivity contribution >= 4 is 0 Å². The summed E-state index contributed by atoms with van der Waals surface area (Å²) in [5.41, 5.74) is 0.422. The quantitative estimate of drug-likeness (QED) is 0.702. The van der Waals surface area contributed by atoms with Gasteiger partial charge in [-0.1, -0.05) is 0 Å². The van der Waals surface area contributed by atoms with E-state index in [4.69, 9.17) is 0 Å². The summed E-state index contributed by atoms with van der Waals surface area (Å²) in [6, 6.07) is 5.91. The Hall–Kier alpha value is -1.84. The highest BCUT2D eigenvalue weighted by atomic mass is 19.1. The molecule has 0 unspecified atom stereocenters. The van der Waals surface area contributed by atoms with Gasteiger partial charge in [0.2, 0.25) is 0 Å². The van der Waals surface area contributed by atoms with Gasteiger partial charge in [-0.05, 0) is 24.3 Å². The highest BCUT2D eigenvalue weighted by Gasteiger charge is 2.07. The predicted octanol–water partition coefficient (Wildman–Crippen LogP) is 3.17. The maximum absolute atomic E-state index is 13.2. The molecule has 0 saturated heterocycles. The van der Waals surface area contributed by atoms with Crippen LogP contribution >= 0.6 is 0 Å². The number of halogens is 3. The molecular formula is C11H6F3N. The van der Waals surface area contributed by atoms with E-state index in [-0.39, 0.29) is 5.69 Å². The van der Waals surface area contributed by atoms with Gasteiger partial charge >= 0.3 is 0 Å². The van der Waals surface area contributed by atoms with Gasteiger partial charge in [0.15, 0.2) is 5.82 Å². The zero-order valence-corrected chi connectivity index (χ0v) is 7.55. The van der Waals surface area contributed by atoms with Crippen molar-refractivity contribution < 1.29 is 13.2 Å². The highest BCUT2D eigenvalue weighted by molar-refractivity contribution is 5.59. The molecule has 0 saturated carbocycles. The number of aromatic nitrogens is 1. The monoisotopic (exact) mass is 209 g/mol. The lowest BCUT2D eigenvalue weighted by molar-refractivity contribution is 0.576. The lowest BCUT2D eigenvalue weighted by atomic mass is 10.1. The molecule has 0 bridgehead atoms. The van der Waals surface area contributed by atoms with E-state index in [1.165, 1.54) is 24.3 Å². The topological polar surface area (TPSA) is 12.9 Å². The lowest BCUT2D eigenvalue weighted by Gasteiger charge is -2.01. The summed E-state index contributed by atoms with van der Waals surface area (Å²) >= 11 is 0. The van der Waals surface area contributed by atoms with Crippen LogP contribution in [0.1, 0.15) is 0 Å². The second-order valence-electron chi connectivity index (χ2n) is 2.99. The van der Waals surface area contributed by atoms with E-state index in [2.05, 4.69) is 4.98 Å². The fourth-order valence-electron chi connectivity index (χ4n) is 1.23. The van der Waals surface area contributed by atoms with Gasteiger partial charge in [-0.25, -0.2) is 13.2 Å². The SMILES string of the molecule is Fc1ccc(-c2ncc(F)cc2F)cc1. The van der Waals surface area contributed by atoms with E-state index in [0.717, 1.165) is 12.3 Å². The Morgan fingerprint density at radius 2 is 1.53 bits per heavy atom. The first-order valence-corrected chi connectivity index (χ1v) is 4.24. The Balaban J connectivity index is 2.49. The number of pyridine rings is 1. The van der Waals surface area contributed by atoms with Crippen molar-refractivity contribution in [1.29, 1.82) is 0 Å². The van der Waals surface area contributed by atoms with Crippen LogP contribution in [-0.4, -0.2) is 4.98 Å². The van der Waals surface area contributed by atoms with Crippen molar-refractivity contribution in [1.82, 2.24) is 4.98 Å². The summed E-state index contributed by atoms with van der Waals surface area (Å²) in [4.78, 5) is 3.61. The van der Waals surface area contributed by atoms with Gasteiger partial charge < -0.3 is 0 Å². The van der Waals surface area contributed by atoms with Crippen LogP contribution in [0.5, 0.6) is 0 Å². The van der Waals surface area contributed by atoms with Crippen molar-refractivity contribution in [2.45, 2.75) is 0 Å². The number of hydrogen-bond acceptors (Lipinski definition) is 1. The first-order valence-electron chi connectivity index (χ1n) is 4.24. The first-order chi connectivity index (χ1) is 7.16. The van der Waals surface area contributed by atoms with Gasteiger partial charge in [0.05, 0.1) is 6.20 Å². The Kier molecular flexibility index (Phi) is 2.41. The van der Waals surface area contributed by atoms with Gasteiger partial charge in [-0.2, -0.15) is 0 Å². The second-order valence-corrected chi connectivity index (χ2v) is 2.99. The maximum atomic E-state index is 13.2. The van der Waals surface area contributed by atoms with E-state index < -0.39 is 17.5 Å². The minimum Gasteiger partial charge on any atom is -0.250 e. The molecule has 1 nitrogen and oxygen atoms in total. The molecule has 0 aliphatic heterocycles. The molecule has 0 spiro atoms. The molecule has 15 heavy (non-hydrogen) atoms. The van der Waals surface area contributed by atoms with Gasteiger partial charge in [-0.15, -0.1) is 0 Å². The molecule has 0 radical (unpaired) electrons. The molecular weight excluding hydrogens is 203 g/mol. The minimum atomic E-state index is -0.762. The van der Waals surface area contributed by atoms with Crippen molar-refractivity contribution in [2.75, 3.05) is 0 Å². The van der Waals surface area contributed by atoms with Crippen LogP contribution in [0.2, 0.25) is 0 Å². The Labute approximate surface area is 84.2 Å². The average molecular weight is 209 g/mol. The molecule has 0 fully saturated rings. The van der Waals surface area contributed by atoms with Crippen molar-refractivity contribution in [2.24, 2.45) is 0 Å². The van der Waals surface area contributed by atoms with Crippen LogP contribution in [0.4, 0.5) is 13.2 Å². The average Bonchev–Trinajstić information content (AvgIpc) is 2.20. The van der Waals surface area contributed by atoms with E-state index >= 15 is 0 Å². The third kappa shape index (κ3) is 1.98. The molecule has 1 aromatic carbocycles. The maximum Gasteiger partial charge on any atom is 0.152 e. The zero-order chi connectivity index (χ0) is 10.8. The Morgan fingerprint density at radius 3 is 2.13 bits per heavy atom. The molecule has 1 heterocycles. The summed E-state index contributed by atoms with van der Waals surface area (Å²) in [5, 5.41) is 0. The summed E-state index contributed by atoms with van der Waals surface area (Å²) in [6.07, 6.45) is 0.918. The van der Waals surface area contributed by atoms with Crippen LogP contribution < -0.4 is 0 Å². The molecule has 2 rings (SSSR count). The van der Waals surface area contributed by atoms with Gasteiger partial charge in [0.1, 0.15) is 17.3 Å². The van der Waals surface area contributed by atoms with Crippen molar-refractivity contribution in [3.63, 3.8) is 0 Å². The minimum absolute atomic E-state index is 0.0106. The van der Waals surface area contributed by atoms with E-state index in [1.54, 1.807) is 0 Å². The van der Waals surface area contributed by atoms with Crippen LogP contribution in [0.3, 0.4) is 0 Å². The summed E-state index contributed by atoms with van der Waals surface area (Å²) in [7, 11) is 0. The standard InChI is InChI=1S/C11H6F3N/c12-8-3-1-7(2-4-8)11-10(14)5-9(13)6-15-11/h1-6H. The number of hydrogen-bond donors (Lipinski definition) is 0. The molecule has 0 aliphatic rings. The van der Waals surface area contributed by atoms with E-state index in [0.29, 0.717) is 5.56 Å². The third-order valence-corrected chi connectivity index (χ3v) is 1.93. The number of rotatable bonds is 1. The van der Waals surface area contributed by atoms with Crippen molar-refractivity contribution in [3.05, 3.63) is 54.0 Å². The van der Waals surface area contributed by atoms with E-state index in [1.807, 2.05) is 0 Å². The molecule has 0 amide bonds. The number of benzene rings is 1. The van der Waals surface area contributed by atoms with Gasteiger partial charge in [0.25, 0.3) is 0 Å². The third-order valence-electron chi connectivity index (χ3n) is 1.93. The number of nitrogens with zero attached hydrogens (tertiary/aromatic N) is 1. The van der Waals surface area contributed by atoms with Crippen LogP contribution in [0.25, 0.3) is 11.3 Å². The predicted molar refractivity (Wildman–Crippen MR) is 49.5 cm³/mol. The van der Waals surface area contributed by atoms with Gasteiger partial charge in [0, 0.05) is 11.6 Å². The normalized spacial score (nSPS) is 10.3. The summed E-state index contributed by atoms with van der Waals surface area (Å²) < 4.78 is 38.4. The lowest BCUT2D eigenvalue weighted by Crippen LogP contribution is -1.91. The first kappa shape index (κ1) is 9.71. The zero-order valence-electron chi connectivity index (χ0n) is 7.55. The smallest absolute Gasteiger partial charge is 0.152 e. The second kappa shape index (κ2) is 3.73. The largest absolute Gasteiger partial charge is 0.250 e. The fraction of sp³-hybridized carbons (Fsp3) is 0. The van der Waals surface area contributed by atoms with Crippen LogP contribution in [-0.2, 0) is 0 Å². The molecule has 0 aliphatic carbocycles. The molecule has 0 N–H and O–H groups in total. The van der Waals surface area contributed by atoms with Crippen LogP contribution in [0, 0.1) is 17.5 Å².